The third-order valence-electron chi connectivity index (χ3n) is 3.66. The molecule has 0 amide bonds. The number of aromatic nitrogens is 1. The zero-order chi connectivity index (χ0) is 18.3. The van der Waals surface area contributed by atoms with Crippen molar-refractivity contribution in [1.82, 2.24) is 4.98 Å². The molecule has 1 aliphatic heterocycles. The number of pyridine rings is 1. The molecule has 24 heavy (non-hydrogen) atoms. The monoisotopic (exact) mass is 392 g/mol. The average molecular weight is 393 g/mol. The van der Waals surface area contributed by atoms with Crippen molar-refractivity contribution in [1.29, 1.82) is 0 Å². The standard InChI is InChI=1S/C16H17BrN2O.2C2H6/c1-9(2)10-3-5-11(6-4-10)14-15-12(7-8-20-15)13(17)16(18)19-14;2*1-2/h3-6,9H,7-8H2,1-2H3,(H2,18,19);2*1-2H3. The summed E-state index contributed by atoms with van der Waals surface area (Å²) in [4.78, 5) is 4.50. The molecule has 2 heterocycles. The molecule has 0 aliphatic carbocycles. The second-order valence-electron chi connectivity index (χ2n) is 5.34. The number of nitrogen functional groups attached to an aromatic ring is 1. The summed E-state index contributed by atoms with van der Waals surface area (Å²) in [7, 11) is 0. The van der Waals surface area contributed by atoms with Gasteiger partial charge in [0.15, 0.2) is 0 Å². The van der Waals surface area contributed by atoms with Crippen LogP contribution in [0.25, 0.3) is 11.3 Å². The molecule has 3 rings (SSSR count). The van der Waals surface area contributed by atoms with Crippen LogP contribution in [-0.4, -0.2) is 11.6 Å². The fraction of sp³-hybridized carbons (Fsp3) is 0.450. The molecule has 0 saturated carbocycles. The maximum absolute atomic E-state index is 6.00. The van der Waals surface area contributed by atoms with Gasteiger partial charge in [0, 0.05) is 17.5 Å². The van der Waals surface area contributed by atoms with E-state index >= 15 is 0 Å². The molecule has 0 spiro atoms. The Balaban J connectivity index is 0.000000671. The first-order chi connectivity index (χ1) is 11.6. The van der Waals surface area contributed by atoms with Gasteiger partial charge in [0.1, 0.15) is 17.3 Å². The molecule has 4 heteroatoms. The zero-order valence-corrected chi connectivity index (χ0v) is 17.2. The number of rotatable bonds is 2. The van der Waals surface area contributed by atoms with E-state index in [1.54, 1.807) is 0 Å². The van der Waals surface area contributed by atoms with E-state index in [2.05, 4.69) is 59.0 Å². The van der Waals surface area contributed by atoms with Crippen LogP contribution in [0.1, 0.15) is 58.6 Å². The summed E-state index contributed by atoms with van der Waals surface area (Å²) in [5.41, 5.74) is 10.3. The Hall–Kier alpha value is -1.55. The normalized spacial score (nSPS) is 11.7. The van der Waals surface area contributed by atoms with Crippen molar-refractivity contribution in [2.24, 2.45) is 0 Å². The van der Waals surface area contributed by atoms with Crippen LogP contribution >= 0.6 is 15.9 Å². The van der Waals surface area contributed by atoms with E-state index in [0.29, 0.717) is 18.3 Å². The van der Waals surface area contributed by atoms with Gasteiger partial charge in [-0.1, -0.05) is 65.8 Å². The highest BCUT2D eigenvalue weighted by Crippen LogP contribution is 2.41. The number of nitrogens with two attached hydrogens (primary N) is 1. The molecular formula is C20H29BrN2O. The molecule has 2 aromatic rings. The highest BCUT2D eigenvalue weighted by Gasteiger charge is 2.23. The van der Waals surface area contributed by atoms with Crippen LogP contribution in [0.2, 0.25) is 0 Å². The van der Waals surface area contributed by atoms with Crippen molar-refractivity contribution in [2.45, 2.75) is 53.9 Å². The van der Waals surface area contributed by atoms with Crippen LogP contribution in [0.4, 0.5) is 5.82 Å². The molecule has 0 radical (unpaired) electrons. The van der Waals surface area contributed by atoms with Crippen LogP contribution in [-0.2, 0) is 6.42 Å². The predicted molar refractivity (Wildman–Crippen MR) is 108 cm³/mol. The molecular weight excluding hydrogens is 364 g/mol. The fourth-order valence-corrected chi connectivity index (χ4v) is 2.94. The van der Waals surface area contributed by atoms with E-state index in [4.69, 9.17) is 10.5 Å². The largest absolute Gasteiger partial charge is 0.491 e. The molecule has 0 unspecified atom stereocenters. The number of halogens is 1. The summed E-state index contributed by atoms with van der Waals surface area (Å²) in [6, 6.07) is 8.46. The second-order valence-corrected chi connectivity index (χ2v) is 6.14. The Morgan fingerprint density at radius 1 is 1.08 bits per heavy atom. The lowest BCUT2D eigenvalue weighted by molar-refractivity contribution is 0.357. The van der Waals surface area contributed by atoms with Crippen molar-refractivity contribution in [3.05, 3.63) is 39.9 Å². The third kappa shape index (κ3) is 4.29. The summed E-state index contributed by atoms with van der Waals surface area (Å²) >= 11 is 3.50. The van der Waals surface area contributed by atoms with Crippen molar-refractivity contribution in [3.8, 4) is 17.0 Å². The van der Waals surface area contributed by atoms with Gasteiger partial charge in [-0.15, -0.1) is 0 Å². The number of hydrogen-bond donors (Lipinski definition) is 1. The number of anilines is 1. The van der Waals surface area contributed by atoms with Gasteiger partial charge >= 0.3 is 0 Å². The van der Waals surface area contributed by atoms with Gasteiger partial charge in [-0.25, -0.2) is 4.98 Å². The summed E-state index contributed by atoms with van der Waals surface area (Å²) < 4.78 is 6.62. The van der Waals surface area contributed by atoms with Gasteiger partial charge in [-0.3, -0.25) is 0 Å². The van der Waals surface area contributed by atoms with Crippen LogP contribution in [0, 0.1) is 0 Å². The Labute approximate surface area is 154 Å². The van der Waals surface area contributed by atoms with Crippen molar-refractivity contribution < 1.29 is 4.74 Å². The Kier molecular flexibility index (Phi) is 8.26. The summed E-state index contributed by atoms with van der Waals surface area (Å²) in [6.07, 6.45) is 0.875. The smallest absolute Gasteiger partial charge is 0.150 e. The Morgan fingerprint density at radius 3 is 2.21 bits per heavy atom. The van der Waals surface area contributed by atoms with Gasteiger partial charge in [0.25, 0.3) is 0 Å². The minimum absolute atomic E-state index is 0.522. The fourth-order valence-electron chi connectivity index (χ4n) is 2.47. The van der Waals surface area contributed by atoms with Crippen LogP contribution in [0.3, 0.4) is 0 Å². The topological polar surface area (TPSA) is 48.1 Å². The minimum atomic E-state index is 0.522. The molecule has 1 aromatic carbocycles. The van der Waals surface area contributed by atoms with Crippen molar-refractivity contribution >= 4 is 21.7 Å². The lowest BCUT2D eigenvalue weighted by atomic mass is 10.00. The summed E-state index contributed by atoms with van der Waals surface area (Å²) in [5.74, 6) is 1.91. The molecule has 0 bridgehead atoms. The van der Waals surface area contributed by atoms with E-state index in [1.807, 2.05) is 27.7 Å². The number of hydrogen-bond acceptors (Lipinski definition) is 3. The lowest BCUT2D eigenvalue weighted by Crippen LogP contribution is -1.98. The van der Waals surface area contributed by atoms with E-state index in [0.717, 1.165) is 33.5 Å². The summed E-state index contributed by atoms with van der Waals surface area (Å²) in [6.45, 7) is 13.1. The van der Waals surface area contributed by atoms with E-state index in [9.17, 15) is 0 Å². The predicted octanol–water partition coefficient (Wildman–Crippen LogP) is 6.20. The SMILES string of the molecule is CC.CC.CC(C)c1ccc(-c2nc(N)c(Br)c3c2OCC3)cc1. The maximum Gasteiger partial charge on any atom is 0.150 e. The van der Waals surface area contributed by atoms with Gasteiger partial charge in [0.2, 0.25) is 0 Å². The van der Waals surface area contributed by atoms with Gasteiger partial charge in [-0.2, -0.15) is 0 Å². The Morgan fingerprint density at radius 2 is 1.67 bits per heavy atom. The first-order valence-corrected chi connectivity index (χ1v) is 9.58. The molecule has 132 valence electrons. The van der Waals surface area contributed by atoms with Gasteiger partial charge in [-0.05, 0) is 27.4 Å². The molecule has 0 fully saturated rings. The Bertz CT molecular complexity index is 652. The average Bonchev–Trinajstić information content (AvgIpc) is 3.12. The third-order valence-corrected chi connectivity index (χ3v) is 4.55. The van der Waals surface area contributed by atoms with Crippen molar-refractivity contribution in [3.63, 3.8) is 0 Å². The number of fused-ring (bicyclic) bond motifs is 1. The second kappa shape index (κ2) is 9.67. The molecule has 1 aromatic heterocycles. The van der Waals surface area contributed by atoms with Crippen LogP contribution < -0.4 is 10.5 Å². The van der Waals surface area contributed by atoms with E-state index in [-0.39, 0.29) is 0 Å². The van der Waals surface area contributed by atoms with Gasteiger partial charge < -0.3 is 10.5 Å². The van der Waals surface area contributed by atoms with Crippen LogP contribution in [0.15, 0.2) is 28.7 Å². The molecule has 2 N–H and O–H groups in total. The lowest BCUT2D eigenvalue weighted by Gasteiger charge is -2.12. The number of ether oxygens (including phenoxy) is 1. The van der Waals surface area contributed by atoms with Crippen LogP contribution in [0.5, 0.6) is 5.75 Å². The number of nitrogens with zero attached hydrogens (tertiary/aromatic N) is 1. The highest BCUT2D eigenvalue weighted by atomic mass is 79.9. The molecule has 3 nitrogen and oxygen atoms in total. The minimum Gasteiger partial charge on any atom is -0.491 e. The highest BCUT2D eigenvalue weighted by molar-refractivity contribution is 9.10. The van der Waals surface area contributed by atoms with Crippen molar-refractivity contribution in [2.75, 3.05) is 12.3 Å². The molecule has 0 saturated heterocycles. The van der Waals surface area contributed by atoms with E-state index in [1.165, 1.54) is 5.56 Å². The zero-order valence-electron chi connectivity index (χ0n) is 15.6. The first-order valence-electron chi connectivity index (χ1n) is 8.79. The maximum atomic E-state index is 6.00. The quantitative estimate of drug-likeness (QED) is 0.660. The first kappa shape index (κ1) is 20.5. The number of benzene rings is 1. The molecule has 1 aliphatic rings. The van der Waals surface area contributed by atoms with E-state index < -0.39 is 0 Å². The molecule has 0 atom stereocenters. The summed E-state index contributed by atoms with van der Waals surface area (Å²) in [5, 5.41) is 0. The van der Waals surface area contributed by atoms with Gasteiger partial charge in [0.05, 0.1) is 11.1 Å².